The number of methoxy groups -OCH3 is 2. The summed E-state index contributed by atoms with van der Waals surface area (Å²) >= 11 is 0. The molecule has 0 aliphatic carbocycles. The molecule has 4 heteroatoms. The summed E-state index contributed by atoms with van der Waals surface area (Å²) in [6.07, 6.45) is 0. The van der Waals surface area contributed by atoms with Crippen LogP contribution in [0, 0.1) is 0 Å². The minimum absolute atomic E-state index is 0.552. The summed E-state index contributed by atoms with van der Waals surface area (Å²) in [5.41, 5.74) is 6.25. The number of nitrogen functional groups attached to an aromatic ring is 1. The standard InChI is InChI=1S/C10H15NO3/c1-4-14-10-8(12-2)5-7(11)6-9(10)13-3/h5-6H,4,11H2,1-3H3. The van der Waals surface area contributed by atoms with E-state index in [4.69, 9.17) is 19.9 Å². The molecule has 2 N–H and O–H groups in total. The van der Waals surface area contributed by atoms with E-state index in [2.05, 4.69) is 0 Å². The van der Waals surface area contributed by atoms with E-state index in [1.54, 1.807) is 26.4 Å². The molecule has 1 aromatic carbocycles. The Labute approximate surface area is 83.6 Å². The van der Waals surface area contributed by atoms with E-state index in [1.165, 1.54) is 0 Å². The minimum Gasteiger partial charge on any atom is -0.493 e. The molecule has 0 radical (unpaired) electrons. The third kappa shape index (κ3) is 2.02. The molecule has 1 aromatic rings. The first-order chi connectivity index (χ1) is 6.72. The lowest BCUT2D eigenvalue weighted by molar-refractivity contribution is 0.288. The zero-order chi connectivity index (χ0) is 10.6. The van der Waals surface area contributed by atoms with E-state index in [9.17, 15) is 0 Å². The summed E-state index contributed by atoms with van der Waals surface area (Å²) in [6.45, 7) is 2.45. The number of nitrogens with two attached hydrogens (primary N) is 1. The summed E-state index contributed by atoms with van der Waals surface area (Å²) in [6, 6.07) is 3.40. The maximum absolute atomic E-state index is 5.66. The molecule has 0 heterocycles. The molecule has 4 nitrogen and oxygen atoms in total. The van der Waals surface area contributed by atoms with Gasteiger partial charge >= 0.3 is 0 Å². The molecule has 0 bridgehead atoms. The Bertz CT molecular complexity index is 287. The quantitative estimate of drug-likeness (QED) is 0.746. The molecule has 0 unspecified atom stereocenters. The Balaban J connectivity index is 3.18. The Morgan fingerprint density at radius 1 is 1.14 bits per heavy atom. The average molecular weight is 197 g/mol. The molecule has 0 aromatic heterocycles. The molecule has 0 atom stereocenters. The van der Waals surface area contributed by atoms with E-state index in [0.29, 0.717) is 29.5 Å². The second-order valence-corrected chi connectivity index (χ2v) is 2.69. The monoisotopic (exact) mass is 197 g/mol. The molecular weight excluding hydrogens is 182 g/mol. The zero-order valence-corrected chi connectivity index (χ0v) is 8.66. The van der Waals surface area contributed by atoms with Crippen molar-refractivity contribution in [2.45, 2.75) is 6.92 Å². The van der Waals surface area contributed by atoms with Gasteiger partial charge < -0.3 is 19.9 Å². The second-order valence-electron chi connectivity index (χ2n) is 2.69. The smallest absolute Gasteiger partial charge is 0.203 e. The number of hydrogen-bond acceptors (Lipinski definition) is 4. The first-order valence-electron chi connectivity index (χ1n) is 4.37. The number of ether oxygens (including phenoxy) is 3. The van der Waals surface area contributed by atoms with Crippen LogP contribution in [0.15, 0.2) is 12.1 Å². The molecule has 0 fully saturated rings. The first kappa shape index (κ1) is 10.5. The summed E-state index contributed by atoms with van der Waals surface area (Å²) in [7, 11) is 3.13. The van der Waals surface area contributed by atoms with Crippen molar-refractivity contribution in [2.24, 2.45) is 0 Å². The maximum atomic E-state index is 5.66. The van der Waals surface area contributed by atoms with Gasteiger partial charge in [0.2, 0.25) is 5.75 Å². The van der Waals surface area contributed by atoms with Crippen LogP contribution in [0.4, 0.5) is 5.69 Å². The van der Waals surface area contributed by atoms with Crippen LogP contribution in [0.25, 0.3) is 0 Å². The second kappa shape index (κ2) is 4.60. The fraction of sp³-hybridized carbons (Fsp3) is 0.400. The number of hydrogen-bond donors (Lipinski definition) is 1. The lowest BCUT2D eigenvalue weighted by atomic mass is 10.2. The van der Waals surface area contributed by atoms with Crippen molar-refractivity contribution < 1.29 is 14.2 Å². The van der Waals surface area contributed by atoms with Crippen molar-refractivity contribution in [1.82, 2.24) is 0 Å². The van der Waals surface area contributed by atoms with Crippen LogP contribution in [0.3, 0.4) is 0 Å². The van der Waals surface area contributed by atoms with E-state index in [0.717, 1.165) is 0 Å². The number of rotatable bonds is 4. The van der Waals surface area contributed by atoms with Crippen LogP contribution in [0.2, 0.25) is 0 Å². The van der Waals surface area contributed by atoms with E-state index in [1.807, 2.05) is 6.92 Å². The number of anilines is 1. The molecular formula is C10H15NO3. The highest BCUT2D eigenvalue weighted by Gasteiger charge is 2.12. The third-order valence-corrected chi connectivity index (χ3v) is 1.77. The van der Waals surface area contributed by atoms with Crippen LogP contribution < -0.4 is 19.9 Å². The van der Waals surface area contributed by atoms with Crippen molar-refractivity contribution in [2.75, 3.05) is 26.6 Å². The van der Waals surface area contributed by atoms with Gasteiger partial charge in [-0.05, 0) is 6.92 Å². The molecule has 0 amide bonds. The lowest BCUT2D eigenvalue weighted by Crippen LogP contribution is -1.99. The van der Waals surface area contributed by atoms with Crippen LogP contribution in [-0.4, -0.2) is 20.8 Å². The molecule has 0 saturated heterocycles. The summed E-state index contributed by atoms with van der Waals surface area (Å²) in [5.74, 6) is 1.76. The molecule has 14 heavy (non-hydrogen) atoms. The maximum Gasteiger partial charge on any atom is 0.203 e. The van der Waals surface area contributed by atoms with Gasteiger partial charge in [0.1, 0.15) is 0 Å². The predicted molar refractivity (Wildman–Crippen MR) is 55.1 cm³/mol. The van der Waals surface area contributed by atoms with Crippen molar-refractivity contribution >= 4 is 5.69 Å². The lowest BCUT2D eigenvalue weighted by Gasteiger charge is -2.13. The van der Waals surface area contributed by atoms with Crippen molar-refractivity contribution in [3.63, 3.8) is 0 Å². The fourth-order valence-corrected chi connectivity index (χ4v) is 1.19. The normalized spacial score (nSPS) is 9.64. The Morgan fingerprint density at radius 2 is 1.64 bits per heavy atom. The fourth-order valence-electron chi connectivity index (χ4n) is 1.19. The molecule has 0 aliphatic rings. The van der Waals surface area contributed by atoms with Crippen LogP contribution >= 0.6 is 0 Å². The van der Waals surface area contributed by atoms with Gasteiger partial charge in [0, 0.05) is 17.8 Å². The van der Waals surface area contributed by atoms with Gasteiger partial charge in [0.05, 0.1) is 20.8 Å². The van der Waals surface area contributed by atoms with E-state index in [-0.39, 0.29) is 0 Å². The summed E-state index contributed by atoms with van der Waals surface area (Å²) in [4.78, 5) is 0. The highest BCUT2D eigenvalue weighted by molar-refractivity contribution is 5.60. The minimum atomic E-state index is 0.552. The highest BCUT2D eigenvalue weighted by Crippen LogP contribution is 2.39. The Kier molecular flexibility index (Phi) is 3.45. The highest BCUT2D eigenvalue weighted by atomic mass is 16.5. The van der Waals surface area contributed by atoms with Crippen LogP contribution in [0.5, 0.6) is 17.2 Å². The van der Waals surface area contributed by atoms with E-state index < -0.39 is 0 Å². The van der Waals surface area contributed by atoms with Gasteiger partial charge in [-0.3, -0.25) is 0 Å². The van der Waals surface area contributed by atoms with Crippen LogP contribution in [0.1, 0.15) is 6.92 Å². The molecule has 1 rings (SSSR count). The Morgan fingerprint density at radius 3 is 2.00 bits per heavy atom. The molecule has 0 spiro atoms. The summed E-state index contributed by atoms with van der Waals surface area (Å²) in [5, 5.41) is 0. The topological polar surface area (TPSA) is 53.7 Å². The average Bonchev–Trinajstić information content (AvgIpc) is 2.20. The van der Waals surface area contributed by atoms with Crippen LogP contribution in [-0.2, 0) is 0 Å². The predicted octanol–water partition coefficient (Wildman–Crippen LogP) is 1.68. The van der Waals surface area contributed by atoms with Crippen molar-refractivity contribution in [3.8, 4) is 17.2 Å². The first-order valence-corrected chi connectivity index (χ1v) is 4.37. The summed E-state index contributed by atoms with van der Waals surface area (Å²) < 4.78 is 15.7. The van der Waals surface area contributed by atoms with Crippen molar-refractivity contribution in [3.05, 3.63) is 12.1 Å². The number of benzene rings is 1. The van der Waals surface area contributed by atoms with Gasteiger partial charge in [0.25, 0.3) is 0 Å². The van der Waals surface area contributed by atoms with E-state index >= 15 is 0 Å². The largest absolute Gasteiger partial charge is 0.493 e. The van der Waals surface area contributed by atoms with Gasteiger partial charge in [-0.2, -0.15) is 0 Å². The van der Waals surface area contributed by atoms with Gasteiger partial charge in [-0.25, -0.2) is 0 Å². The molecule has 0 aliphatic heterocycles. The van der Waals surface area contributed by atoms with Gasteiger partial charge in [0.15, 0.2) is 11.5 Å². The zero-order valence-electron chi connectivity index (χ0n) is 8.66. The van der Waals surface area contributed by atoms with Gasteiger partial charge in [-0.1, -0.05) is 0 Å². The molecule has 0 saturated carbocycles. The Hall–Kier alpha value is -1.58. The molecule has 78 valence electrons. The SMILES string of the molecule is CCOc1c(OC)cc(N)cc1OC. The van der Waals surface area contributed by atoms with Gasteiger partial charge in [-0.15, -0.1) is 0 Å². The van der Waals surface area contributed by atoms with Crippen molar-refractivity contribution in [1.29, 1.82) is 0 Å². The third-order valence-electron chi connectivity index (χ3n) is 1.77.